The number of sulfonamides is 1. The molecule has 3 N–H and O–H groups in total. The lowest BCUT2D eigenvalue weighted by atomic mass is 10.4. The van der Waals surface area contributed by atoms with E-state index in [9.17, 15) is 8.42 Å². The number of hydrogen-bond acceptors (Lipinski definition) is 3. The molecule has 4 nitrogen and oxygen atoms in total. The molecule has 0 aromatic heterocycles. The summed E-state index contributed by atoms with van der Waals surface area (Å²) in [4.78, 5) is 0.141. The fourth-order valence-corrected chi connectivity index (χ4v) is 2.02. The van der Waals surface area contributed by atoms with Crippen molar-refractivity contribution in [2.24, 2.45) is 5.73 Å². The number of nitrogens with one attached hydrogen (secondary N) is 1. The van der Waals surface area contributed by atoms with Crippen molar-refractivity contribution >= 4 is 27.4 Å². The third kappa shape index (κ3) is 2.67. The Morgan fingerprint density at radius 1 is 1.31 bits per heavy atom. The Balaban J connectivity index is 3.02. The fourth-order valence-electron chi connectivity index (χ4n) is 0.791. The van der Waals surface area contributed by atoms with Crippen LogP contribution in [0.2, 0.25) is 0 Å². The smallest absolute Gasteiger partial charge is 0.263 e. The van der Waals surface area contributed by atoms with Crippen molar-refractivity contribution in [1.29, 1.82) is 0 Å². The van der Waals surface area contributed by atoms with Gasteiger partial charge in [0.15, 0.2) is 5.11 Å². The van der Waals surface area contributed by atoms with E-state index in [4.69, 9.17) is 5.73 Å². The molecule has 0 radical (unpaired) electrons. The van der Waals surface area contributed by atoms with Gasteiger partial charge >= 0.3 is 0 Å². The van der Waals surface area contributed by atoms with Crippen LogP contribution in [-0.2, 0) is 10.0 Å². The van der Waals surface area contributed by atoms with Crippen molar-refractivity contribution in [1.82, 2.24) is 4.72 Å². The van der Waals surface area contributed by atoms with E-state index in [1.807, 2.05) is 4.72 Å². The van der Waals surface area contributed by atoms with Gasteiger partial charge in [-0.05, 0) is 24.4 Å². The predicted molar refractivity (Wildman–Crippen MR) is 53.5 cm³/mol. The van der Waals surface area contributed by atoms with E-state index >= 15 is 0 Å². The highest BCUT2D eigenvalue weighted by Gasteiger charge is 2.12. The quantitative estimate of drug-likeness (QED) is 0.693. The first kappa shape index (κ1) is 9.94. The van der Waals surface area contributed by atoms with Gasteiger partial charge in [0.25, 0.3) is 10.0 Å². The summed E-state index contributed by atoms with van der Waals surface area (Å²) in [6, 6.07) is 7.88. The summed E-state index contributed by atoms with van der Waals surface area (Å²) in [5, 5.41) is -0.260. The highest BCUT2D eigenvalue weighted by Crippen LogP contribution is 2.06. The zero-order valence-electron chi connectivity index (χ0n) is 6.60. The van der Waals surface area contributed by atoms with Crippen LogP contribution >= 0.6 is 12.2 Å². The van der Waals surface area contributed by atoms with Gasteiger partial charge in [0.1, 0.15) is 0 Å². The molecule has 0 amide bonds. The number of benzene rings is 1. The van der Waals surface area contributed by atoms with Crippen LogP contribution in [0.3, 0.4) is 0 Å². The molecule has 6 heteroatoms. The van der Waals surface area contributed by atoms with Gasteiger partial charge in [-0.25, -0.2) is 8.42 Å². The summed E-state index contributed by atoms with van der Waals surface area (Å²) in [7, 11) is -3.58. The lowest BCUT2D eigenvalue weighted by molar-refractivity contribution is 0.592. The zero-order chi connectivity index (χ0) is 9.90. The standard InChI is InChI=1S/C7H8N2O2S2/c8-7(12)9-13(10,11)6-4-2-1-3-5-6/h1-5H,(H3,8,9,12). The van der Waals surface area contributed by atoms with Crippen molar-refractivity contribution in [2.75, 3.05) is 0 Å². The average Bonchev–Trinajstić information content (AvgIpc) is 2.04. The molecular weight excluding hydrogens is 208 g/mol. The normalized spacial score (nSPS) is 10.8. The van der Waals surface area contributed by atoms with Gasteiger partial charge in [-0.2, -0.15) is 0 Å². The summed E-state index contributed by atoms with van der Waals surface area (Å²) < 4.78 is 24.7. The first-order valence-electron chi connectivity index (χ1n) is 3.40. The van der Waals surface area contributed by atoms with Crippen LogP contribution in [0.5, 0.6) is 0 Å². The number of thiocarbonyl (C=S) groups is 1. The minimum Gasteiger partial charge on any atom is -0.376 e. The Kier molecular flexibility index (Phi) is 2.84. The molecule has 1 aromatic rings. The molecule has 0 fully saturated rings. The monoisotopic (exact) mass is 216 g/mol. The summed E-state index contributed by atoms with van der Waals surface area (Å²) in [5.41, 5.74) is 5.06. The molecule has 0 aliphatic heterocycles. The van der Waals surface area contributed by atoms with Crippen LogP contribution < -0.4 is 10.5 Å². The van der Waals surface area contributed by atoms with Crippen LogP contribution in [0.25, 0.3) is 0 Å². The van der Waals surface area contributed by atoms with E-state index in [0.29, 0.717) is 0 Å². The fraction of sp³-hybridized carbons (Fsp3) is 0. The summed E-state index contributed by atoms with van der Waals surface area (Å²) in [6.07, 6.45) is 0. The first-order valence-corrected chi connectivity index (χ1v) is 5.29. The number of nitrogens with two attached hydrogens (primary N) is 1. The molecule has 1 aromatic carbocycles. The molecule has 0 spiro atoms. The first-order chi connectivity index (χ1) is 6.02. The summed E-state index contributed by atoms with van der Waals surface area (Å²) in [6.45, 7) is 0. The second-order valence-electron chi connectivity index (χ2n) is 2.28. The summed E-state index contributed by atoms with van der Waals surface area (Å²) >= 11 is 4.43. The van der Waals surface area contributed by atoms with Gasteiger partial charge in [0.05, 0.1) is 4.90 Å². The Morgan fingerprint density at radius 3 is 2.31 bits per heavy atom. The molecule has 0 unspecified atom stereocenters. The van der Waals surface area contributed by atoms with E-state index in [-0.39, 0.29) is 10.0 Å². The Bertz CT molecular complexity index is 400. The molecule has 0 atom stereocenters. The van der Waals surface area contributed by atoms with Crippen molar-refractivity contribution in [3.63, 3.8) is 0 Å². The van der Waals surface area contributed by atoms with Gasteiger partial charge < -0.3 is 5.73 Å². The van der Waals surface area contributed by atoms with Gasteiger partial charge in [0.2, 0.25) is 0 Å². The maximum absolute atomic E-state index is 11.4. The third-order valence-electron chi connectivity index (χ3n) is 1.29. The zero-order valence-corrected chi connectivity index (χ0v) is 8.23. The van der Waals surface area contributed by atoms with Gasteiger partial charge in [0, 0.05) is 0 Å². The highest BCUT2D eigenvalue weighted by molar-refractivity contribution is 7.91. The molecule has 0 heterocycles. The molecule has 0 saturated carbocycles. The number of hydrogen-bond donors (Lipinski definition) is 2. The second kappa shape index (κ2) is 3.71. The van der Waals surface area contributed by atoms with Gasteiger partial charge in [-0.15, -0.1) is 0 Å². The van der Waals surface area contributed by atoms with E-state index in [0.717, 1.165) is 0 Å². The molecule has 0 bridgehead atoms. The Hall–Kier alpha value is -1.14. The van der Waals surface area contributed by atoms with Gasteiger partial charge in [-0.1, -0.05) is 18.2 Å². The maximum atomic E-state index is 11.4. The van der Waals surface area contributed by atoms with Crippen LogP contribution in [0.4, 0.5) is 0 Å². The Labute approximate surface area is 81.8 Å². The SMILES string of the molecule is NC(=S)NS(=O)(=O)c1ccccc1. The van der Waals surface area contributed by atoms with E-state index in [1.54, 1.807) is 18.2 Å². The van der Waals surface area contributed by atoms with Crippen LogP contribution in [-0.4, -0.2) is 13.5 Å². The lowest BCUT2D eigenvalue weighted by Gasteiger charge is -2.04. The lowest BCUT2D eigenvalue weighted by Crippen LogP contribution is -2.34. The maximum Gasteiger partial charge on any atom is 0.263 e. The van der Waals surface area contributed by atoms with E-state index < -0.39 is 10.0 Å². The second-order valence-corrected chi connectivity index (χ2v) is 4.41. The van der Waals surface area contributed by atoms with Crippen molar-refractivity contribution in [2.45, 2.75) is 4.90 Å². The number of rotatable bonds is 2. The molecule has 0 aliphatic rings. The van der Waals surface area contributed by atoms with Crippen molar-refractivity contribution in [3.8, 4) is 0 Å². The van der Waals surface area contributed by atoms with Crippen LogP contribution in [0.1, 0.15) is 0 Å². The molecular formula is C7H8N2O2S2. The molecule has 0 aliphatic carbocycles. The molecule has 0 saturated heterocycles. The Morgan fingerprint density at radius 2 is 1.85 bits per heavy atom. The summed E-state index contributed by atoms with van der Waals surface area (Å²) in [5.74, 6) is 0. The predicted octanol–water partition coefficient (Wildman–Crippen LogP) is 0.208. The minimum atomic E-state index is -3.58. The molecule has 70 valence electrons. The van der Waals surface area contributed by atoms with Gasteiger partial charge in [-0.3, -0.25) is 4.72 Å². The topological polar surface area (TPSA) is 72.2 Å². The van der Waals surface area contributed by atoms with E-state index in [2.05, 4.69) is 12.2 Å². The third-order valence-corrected chi connectivity index (χ3v) is 2.90. The largest absolute Gasteiger partial charge is 0.376 e. The average molecular weight is 216 g/mol. The minimum absolute atomic E-state index is 0.141. The molecule has 13 heavy (non-hydrogen) atoms. The van der Waals surface area contributed by atoms with Crippen molar-refractivity contribution < 1.29 is 8.42 Å². The van der Waals surface area contributed by atoms with E-state index in [1.165, 1.54) is 12.1 Å². The molecule has 1 rings (SSSR count). The van der Waals surface area contributed by atoms with Crippen LogP contribution in [0.15, 0.2) is 35.2 Å². The van der Waals surface area contributed by atoms with Crippen LogP contribution in [0, 0.1) is 0 Å². The van der Waals surface area contributed by atoms with Crippen molar-refractivity contribution in [3.05, 3.63) is 30.3 Å². The highest BCUT2D eigenvalue weighted by atomic mass is 32.2.